The number of carbonyl (C=O) groups is 1. The minimum atomic E-state index is -0.450. The molecule has 2 aromatic rings. The fourth-order valence-corrected chi connectivity index (χ4v) is 2.49. The van der Waals surface area contributed by atoms with Crippen molar-refractivity contribution in [1.29, 1.82) is 0 Å². The number of rotatable bonds is 4. The van der Waals surface area contributed by atoms with Crippen LogP contribution < -0.4 is 4.74 Å². The van der Waals surface area contributed by atoms with Gasteiger partial charge in [-0.1, -0.05) is 18.2 Å². The van der Waals surface area contributed by atoms with Crippen LogP contribution in [0.5, 0.6) is 5.75 Å². The summed E-state index contributed by atoms with van der Waals surface area (Å²) in [6.45, 7) is 8.45. The van der Waals surface area contributed by atoms with E-state index in [1.165, 1.54) is 11.1 Å². The van der Waals surface area contributed by atoms with Crippen LogP contribution in [0.1, 0.15) is 38.2 Å². The predicted octanol–water partition coefficient (Wildman–Crippen LogP) is 4.88. The summed E-state index contributed by atoms with van der Waals surface area (Å²) in [6.07, 6.45) is 0. The third-order valence-electron chi connectivity index (χ3n) is 3.79. The minimum Gasteiger partial charge on any atom is -0.489 e. The van der Waals surface area contributed by atoms with Crippen molar-refractivity contribution < 1.29 is 9.53 Å². The molecule has 0 N–H and O–H groups in total. The lowest BCUT2D eigenvalue weighted by atomic mass is 10.0. The Labute approximate surface area is 130 Å². The first-order chi connectivity index (χ1) is 9.90. The number of hydrogen-bond donors (Lipinski definition) is 0. The molecular formula is C18H19ClO2. The highest BCUT2D eigenvalue weighted by Crippen LogP contribution is 2.25. The summed E-state index contributed by atoms with van der Waals surface area (Å²) < 4.78 is 5.92. The van der Waals surface area contributed by atoms with Gasteiger partial charge >= 0.3 is 0 Å². The maximum absolute atomic E-state index is 11.5. The van der Waals surface area contributed by atoms with Crippen LogP contribution in [0, 0.1) is 27.7 Å². The van der Waals surface area contributed by atoms with Crippen LogP contribution in [0.3, 0.4) is 0 Å². The third-order valence-corrected chi connectivity index (χ3v) is 3.99. The van der Waals surface area contributed by atoms with Crippen molar-refractivity contribution in [1.82, 2.24) is 0 Å². The van der Waals surface area contributed by atoms with Gasteiger partial charge in [-0.3, -0.25) is 4.79 Å². The highest BCUT2D eigenvalue weighted by Gasteiger charge is 2.12. The Balaban J connectivity index is 2.29. The van der Waals surface area contributed by atoms with E-state index in [9.17, 15) is 4.79 Å². The van der Waals surface area contributed by atoms with Crippen LogP contribution in [0.25, 0.3) is 0 Å². The van der Waals surface area contributed by atoms with E-state index in [2.05, 4.69) is 19.9 Å². The first-order valence-electron chi connectivity index (χ1n) is 6.89. The number of hydrogen-bond acceptors (Lipinski definition) is 2. The fraction of sp³-hybridized carbons (Fsp3) is 0.278. The summed E-state index contributed by atoms with van der Waals surface area (Å²) >= 11 is 5.64. The zero-order chi connectivity index (χ0) is 15.6. The number of carbonyl (C=O) groups excluding carboxylic acids is 1. The molecule has 0 heterocycles. The van der Waals surface area contributed by atoms with Gasteiger partial charge in [0.05, 0.1) is 0 Å². The summed E-state index contributed by atoms with van der Waals surface area (Å²) in [6, 6.07) is 9.65. The lowest BCUT2D eigenvalue weighted by molar-refractivity contribution is 0.107. The van der Waals surface area contributed by atoms with Gasteiger partial charge in [0.15, 0.2) is 0 Å². The number of benzene rings is 2. The van der Waals surface area contributed by atoms with Crippen molar-refractivity contribution in [3.8, 4) is 5.75 Å². The molecule has 0 unspecified atom stereocenters. The predicted molar refractivity (Wildman–Crippen MR) is 86.3 cm³/mol. The quantitative estimate of drug-likeness (QED) is 0.753. The van der Waals surface area contributed by atoms with Crippen molar-refractivity contribution in [2.24, 2.45) is 0 Å². The van der Waals surface area contributed by atoms with E-state index < -0.39 is 5.24 Å². The Hall–Kier alpha value is -1.80. The zero-order valence-electron chi connectivity index (χ0n) is 12.8. The number of aryl methyl sites for hydroxylation is 4. The summed E-state index contributed by atoms with van der Waals surface area (Å²) in [5.41, 5.74) is 5.88. The molecule has 0 aliphatic heterocycles. The molecule has 0 atom stereocenters. The third kappa shape index (κ3) is 3.45. The Morgan fingerprint density at radius 2 is 1.67 bits per heavy atom. The Morgan fingerprint density at radius 1 is 1.00 bits per heavy atom. The molecule has 0 saturated heterocycles. The van der Waals surface area contributed by atoms with Crippen LogP contribution in [0.15, 0.2) is 30.3 Å². The van der Waals surface area contributed by atoms with Crippen LogP contribution >= 0.6 is 11.6 Å². The van der Waals surface area contributed by atoms with Gasteiger partial charge in [-0.15, -0.1) is 0 Å². The van der Waals surface area contributed by atoms with E-state index in [-0.39, 0.29) is 0 Å². The molecule has 3 heteroatoms. The van der Waals surface area contributed by atoms with Crippen LogP contribution in [-0.4, -0.2) is 5.24 Å². The molecule has 0 spiro atoms. The molecular weight excluding hydrogens is 284 g/mol. The van der Waals surface area contributed by atoms with E-state index in [4.69, 9.17) is 16.3 Å². The summed E-state index contributed by atoms with van der Waals surface area (Å²) in [5, 5.41) is -0.450. The van der Waals surface area contributed by atoms with Crippen molar-refractivity contribution in [2.45, 2.75) is 34.3 Å². The molecule has 21 heavy (non-hydrogen) atoms. The molecule has 110 valence electrons. The summed E-state index contributed by atoms with van der Waals surface area (Å²) in [7, 11) is 0. The van der Waals surface area contributed by atoms with E-state index >= 15 is 0 Å². The zero-order valence-corrected chi connectivity index (χ0v) is 13.5. The standard InChI is InChI=1S/C18H19ClO2/c1-11-6-5-7-15(18(19)20)16(11)10-21-17-9-13(3)12(2)8-14(17)4/h5-9H,10H2,1-4H3. The van der Waals surface area contributed by atoms with E-state index in [0.717, 1.165) is 22.4 Å². The molecule has 0 aliphatic rings. The average molecular weight is 303 g/mol. The lowest BCUT2D eigenvalue weighted by Gasteiger charge is -2.14. The van der Waals surface area contributed by atoms with Gasteiger partial charge < -0.3 is 4.74 Å². The monoisotopic (exact) mass is 302 g/mol. The topological polar surface area (TPSA) is 26.3 Å². The molecule has 2 nitrogen and oxygen atoms in total. The molecule has 0 aliphatic carbocycles. The highest BCUT2D eigenvalue weighted by atomic mass is 35.5. The summed E-state index contributed by atoms with van der Waals surface area (Å²) in [4.78, 5) is 11.5. The second kappa shape index (κ2) is 6.31. The first-order valence-corrected chi connectivity index (χ1v) is 7.27. The van der Waals surface area contributed by atoms with E-state index in [1.54, 1.807) is 6.07 Å². The van der Waals surface area contributed by atoms with Gasteiger partial charge in [0.25, 0.3) is 5.24 Å². The Morgan fingerprint density at radius 3 is 2.33 bits per heavy atom. The molecule has 0 bridgehead atoms. The Bertz CT molecular complexity index is 690. The lowest BCUT2D eigenvalue weighted by Crippen LogP contribution is -2.05. The highest BCUT2D eigenvalue weighted by molar-refractivity contribution is 6.67. The van der Waals surface area contributed by atoms with Crippen molar-refractivity contribution >= 4 is 16.8 Å². The van der Waals surface area contributed by atoms with Gasteiger partial charge in [-0.2, -0.15) is 0 Å². The maximum atomic E-state index is 11.5. The van der Waals surface area contributed by atoms with Crippen LogP contribution in [0.2, 0.25) is 0 Å². The smallest absolute Gasteiger partial charge is 0.252 e. The van der Waals surface area contributed by atoms with Gasteiger partial charge in [-0.25, -0.2) is 0 Å². The fourth-order valence-electron chi connectivity index (χ4n) is 2.32. The molecule has 0 amide bonds. The maximum Gasteiger partial charge on any atom is 0.252 e. The largest absolute Gasteiger partial charge is 0.489 e. The number of ether oxygens (including phenoxy) is 1. The van der Waals surface area contributed by atoms with E-state index in [0.29, 0.717) is 12.2 Å². The average Bonchev–Trinajstić information content (AvgIpc) is 2.42. The summed E-state index contributed by atoms with van der Waals surface area (Å²) in [5.74, 6) is 0.842. The van der Waals surface area contributed by atoms with E-state index in [1.807, 2.05) is 32.0 Å². The second-order valence-corrected chi connectivity index (χ2v) is 5.71. The first kappa shape index (κ1) is 15.6. The molecule has 0 radical (unpaired) electrons. The molecule has 2 aromatic carbocycles. The van der Waals surface area contributed by atoms with Gasteiger partial charge in [-0.05, 0) is 73.7 Å². The van der Waals surface area contributed by atoms with Crippen LogP contribution in [0.4, 0.5) is 0 Å². The van der Waals surface area contributed by atoms with Gasteiger partial charge in [0, 0.05) is 11.1 Å². The van der Waals surface area contributed by atoms with Gasteiger partial charge in [0.2, 0.25) is 0 Å². The molecule has 0 aromatic heterocycles. The molecule has 0 fully saturated rings. The van der Waals surface area contributed by atoms with Gasteiger partial charge in [0.1, 0.15) is 12.4 Å². The van der Waals surface area contributed by atoms with Crippen molar-refractivity contribution in [3.05, 3.63) is 63.7 Å². The SMILES string of the molecule is Cc1cc(C)c(OCc2c(C)cccc2C(=O)Cl)cc1C. The van der Waals surface area contributed by atoms with Crippen LogP contribution in [-0.2, 0) is 6.61 Å². The minimum absolute atomic E-state index is 0.337. The molecule has 2 rings (SSSR count). The normalized spacial score (nSPS) is 10.5. The van der Waals surface area contributed by atoms with Crippen molar-refractivity contribution in [2.75, 3.05) is 0 Å². The molecule has 0 saturated carbocycles. The second-order valence-electron chi connectivity index (χ2n) is 5.37. The number of halogens is 1. The Kier molecular flexibility index (Phi) is 4.69. The van der Waals surface area contributed by atoms with Crippen molar-refractivity contribution in [3.63, 3.8) is 0 Å².